The van der Waals surface area contributed by atoms with E-state index in [0.29, 0.717) is 13.2 Å². The van der Waals surface area contributed by atoms with Gasteiger partial charge in [-0.05, 0) is 11.8 Å². The zero-order chi connectivity index (χ0) is 14.8. The van der Waals surface area contributed by atoms with Gasteiger partial charge in [-0.1, -0.05) is 27.7 Å². The number of carbonyl (C=O) groups is 2. The van der Waals surface area contributed by atoms with Crippen LogP contribution < -0.4 is 0 Å². The summed E-state index contributed by atoms with van der Waals surface area (Å²) in [5.74, 6) is -0.300. The van der Waals surface area contributed by atoms with E-state index in [4.69, 9.17) is 14.3 Å². The molecule has 0 atom stereocenters. The van der Waals surface area contributed by atoms with Crippen LogP contribution in [0.3, 0.4) is 0 Å². The predicted molar refractivity (Wildman–Crippen MR) is 70.2 cm³/mol. The number of carbonyl (C=O) groups excluding carboxylic acids is 2. The molecule has 0 fully saturated rings. The number of hydrogen-bond donors (Lipinski definition) is 0. The van der Waals surface area contributed by atoms with Crippen LogP contribution >= 0.6 is 0 Å². The van der Waals surface area contributed by atoms with E-state index < -0.39 is 11.9 Å². The lowest BCUT2D eigenvalue weighted by molar-refractivity contribution is -0.179. The Kier molecular flexibility index (Phi) is 9.16. The third kappa shape index (κ3) is 10.5. The monoisotopic (exact) mass is 275 g/mol. The van der Waals surface area contributed by atoms with Crippen molar-refractivity contribution in [3.8, 4) is 0 Å². The van der Waals surface area contributed by atoms with E-state index in [0.717, 1.165) is 0 Å². The Morgan fingerprint density at radius 2 is 1.26 bits per heavy atom. The van der Waals surface area contributed by atoms with Crippen molar-refractivity contribution in [3.05, 3.63) is 0 Å². The Labute approximate surface area is 114 Å². The first-order valence-corrected chi connectivity index (χ1v) is 6.45. The highest BCUT2D eigenvalue weighted by Gasteiger charge is 2.16. The second-order valence-corrected chi connectivity index (χ2v) is 5.13. The van der Waals surface area contributed by atoms with Crippen molar-refractivity contribution in [3.63, 3.8) is 0 Å². The Bertz CT molecular complexity index is 252. The molecule has 6 nitrogen and oxygen atoms in total. The van der Waals surface area contributed by atoms with Gasteiger partial charge in [0.25, 0.3) is 0 Å². The Balaban J connectivity index is 3.99. The maximum Gasteiger partial charge on any atom is 0.322 e. The van der Waals surface area contributed by atoms with Gasteiger partial charge in [-0.25, -0.2) is 0 Å². The quantitative estimate of drug-likeness (QED) is 0.466. The number of hydroxylamine groups is 2. The van der Waals surface area contributed by atoms with Gasteiger partial charge in [0.1, 0.15) is 13.1 Å². The van der Waals surface area contributed by atoms with Crippen molar-refractivity contribution in [2.24, 2.45) is 11.8 Å². The van der Waals surface area contributed by atoms with Crippen LogP contribution in [0.4, 0.5) is 0 Å². The Morgan fingerprint density at radius 1 is 0.895 bits per heavy atom. The number of ether oxygens (including phenoxy) is 2. The summed E-state index contributed by atoms with van der Waals surface area (Å²) < 4.78 is 10.0. The van der Waals surface area contributed by atoms with E-state index in [1.165, 1.54) is 12.2 Å². The smallest absolute Gasteiger partial charge is 0.322 e. The van der Waals surface area contributed by atoms with E-state index in [1.54, 1.807) is 0 Å². The molecule has 0 aliphatic carbocycles. The van der Waals surface area contributed by atoms with Gasteiger partial charge in [0, 0.05) is 0 Å². The van der Waals surface area contributed by atoms with Gasteiger partial charge >= 0.3 is 11.9 Å². The Hall–Kier alpha value is -1.14. The fraction of sp³-hybridized carbons (Fsp3) is 0.846. The van der Waals surface area contributed by atoms with Crippen molar-refractivity contribution < 1.29 is 23.9 Å². The minimum Gasteiger partial charge on any atom is -0.464 e. The van der Waals surface area contributed by atoms with Crippen molar-refractivity contribution in [2.45, 2.75) is 27.7 Å². The van der Waals surface area contributed by atoms with Gasteiger partial charge in [-0.3, -0.25) is 9.59 Å². The summed E-state index contributed by atoms with van der Waals surface area (Å²) in [5.41, 5.74) is 0. The van der Waals surface area contributed by atoms with E-state index in [2.05, 4.69) is 0 Å². The molecule has 0 aromatic heterocycles. The van der Waals surface area contributed by atoms with Crippen molar-refractivity contribution >= 4 is 11.9 Å². The lowest BCUT2D eigenvalue weighted by atomic mass is 10.2. The predicted octanol–water partition coefficient (Wildman–Crippen LogP) is 1.25. The van der Waals surface area contributed by atoms with E-state index in [1.807, 2.05) is 27.7 Å². The van der Waals surface area contributed by atoms with Gasteiger partial charge in [0.05, 0.1) is 20.3 Å². The molecule has 0 N–H and O–H groups in total. The second-order valence-electron chi connectivity index (χ2n) is 5.13. The standard InChI is InChI=1S/C13H25NO5/c1-10(2)8-18-12(15)6-14(17-5)7-13(16)19-9-11(3)4/h10-11H,6-9H2,1-5H3. The molecule has 0 bridgehead atoms. The van der Waals surface area contributed by atoms with Crippen LogP contribution in [0.25, 0.3) is 0 Å². The van der Waals surface area contributed by atoms with Crippen LogP contribution in [0.1, 0.15) is 27.7 Å². The summed E-state index contributed by atoms with van der Waals surface area (Å²) in [6.45, 7) is 8.31. The van der Waals surface area contributed by atoms with Crippen LogP contribution in [0.5, 0.6) is 0 Å². The van der Waals surface area contributed by atoms with Crippen LogP contribution in [-0.2, 0) is 23.9 Å². The number of esters is 2. The summed E-state index contributed by atoms with van der Waals surface area (Å²) >= 11 is 0. The van der Waals surface area contributed by atoms with Crippen molar-refractivity contribution in [1.29, 1.82) is 0 Å². The molecular weight excluding hydrogens is 250 g/mol. The maximum absolute atomic E-state index is 11.5. The fourth-order valence-electron chi connectivity index (χ4n) is 1.08. The molecule has 0 aromatic carbocycles. The summed E-state index contributed by atoms with van der Waals surface area (Å²) in [6, 6.07) is 0. The number of rotatable bonds is 9. The molecule has 0 heterocycles. The first-order valence-electron chi connectivity index (χ1n) is 6.45. The van der Waals surface area contributed by atoms with Gasteiger partial charge < -0.3 is 14.3 Å². The topological polar surface area (TPSA) is 65.1 Å². The minimum atomic E-state index is -0.424. The summed E-state index contributed by atoms with van der Waals surface area (Å²) in [7, 11) is 1.39. The highest BCUT2D eigenvalue weighted by atomic mass is 16.7. The Morgan fingerprint density at radius 3 is 1.53 bits per heavy atom. The van der Waals surface area contributed by atoms with Crippen LogP contribution in [0, 0.1) is 11.8 Å². The summed E-state index contributed by atoms with van der Waals surface area (Å²) in [6.07, 6.45) is 0. The van der Waals surface area contributed by atoms with Crippen molar-refractivity contribution in [1.82, 2.24) is 5.06 Å². The highest BCUT2D eigenvalue weighted by molar-refractivity contribution is 5.74. The molecule has 0 radical (unpaired) electrons. The lowest BCUT2D eigenvalue weighted by Gasteiger charge is -2.18. The number of nitrogens with zero attached hydrogens (tertiary/aromatic N) is 1. The molecule has 0 spiro atoms. The zero-order valence-electron chi connectivity index (χ0n) is 12.5. The molecule has 112 valence electrons. The zero-order valence-corrected chi connectivity index (χ0v) is 12.5. The third-order valence-electron chi connectivity index (χ3n) is 2.02. The molecule has 0 aliphatic heterocycles. The molecular formula is C13H25NO5. The first kappa shape index (κ1) is 17.9. The van der Waals surface area contributed by atoms with E-state index in [-0.39, 0.29) is 24.9 Å². The molecule has 0 rings (SSSR count). The summed E-state index contributed by atoms with van der Waals surface area (Å²) in [4.78, 5) is 27.9. The largest absolute Gasteiger partial charge is 0.464 e. The molecule has 0 saturated heterocycles. The average Bonchev–Trinajstić information content (AvgIpc) is 2.33. The van der Waals surface area contributed by atoms with Gasteiger partial charge in [0.2, 0.25) is 0 Å². The van der Waals surface area contributed by atoms with Crippen LogP contribution in [0.15, 0.2) is 0 Å². The molecule has 0 unspecified atom stereocenters. The molecule has 0 aliphatic rings. The van der Waals surface area contributed by atoms with Gasteiger partial charge in [-0.15, -0.1) is 0 Å². The minimum absolute atomic E-state index is 0.0972. The number of hydrogen-bond acceptors (Lipinski definition) is 6. The highest BCUT2D eigenvalue weighted by Crippen LogP contribution is 1.98. The van der Waals surface area contributed by atoms with Gasteiger partial charge in [-0.2, -0.15) is 5.06 Å². The summed E-state index contributed by atoms with van der Waals surface area (Å²) in [5, 5.41) is 1.21. The molecule has 6 heteroatoms. The van der Waals surface area contributed by atoms with E-state index >= 15 is 0 Å². The molecule has 0 saturated carbocycles. The van der Waals surface area contributed by atoms with E-state index in [9.17, 15) is 9.59 Å². The molecule has 19 heavy (non-hydrogen) atoms. The average molecular weight is 275 g/mol. The lowest BCUT2D eigenvalue weighted by Crippen LogP contribution is -2.35. The normalized spacial score (nSPS) is 11.2. The van der Waals surface area contributed by atoms with Gasteiger partial charge in [0.15, 0.2) is 0 Å². The van der Waals surface area contributed by atoms with Crippen LogP contribution in [0.2, 0.25) is 0 Å². The second kappa shape index (κ2) is 9.75. The van der Waals surface area contributed by atoms with Crippen molar-refractivity contribution in [2.75, 3.05) is 33.4 Å². The maximum atomic E-state index is 11.5. The fourth-order valence-corrected chi connectivity index (χ4v) is 1.08. The first-order chi connectivity index (χ1) is 8.85. The molecule has 0 aromatic rings. The molecule has 0 amide bonds. The van der Waals surface area contributed by atoms with Crippen LogP contribution in [-0.4, -0.2) is 50.4 Å². The SMILES string of the molecule is CON(CC(=O)OCC(C)C)CC(=O)OCC(C)C. The third-order valence-corrected chi connectivity index (χ3v) is 2.02.